The van der Waals surface area contributed by atoms with Crippen molar-refractivity contribution in [2.24, 2.45) is 0 Å². The van der Waals surface area contributed by atoms with Crippen LogP contribution < -0.4 is 0 Å². The van der Waals surface area contributed by atoms with Crippen LogP contribution in [0.3, 0.4) is 0 Å². The van der Waals surface area contributed by atoms with Gasteiger partial charge in [-0.25, -0.2) is 14.5 Å². The van der Waals surface area contributed by atoms with E-state index in [1.54, 1.807) is 0 Å². The zero-order valence-electron chi connectivity index (χ0n) is 12.7. The topological polar surface area (TPSA) is 84.5 Å². The van der Waals surface area contributed by atoms with Crippen LogP contribution >= 0.6 is 0 Å². The number of hydrogen-bond acceptors (Lipinski definition) is 3. The monoisotopic (exact) mass is 306 g/mol. The summed E-state index contributed by atoms with van der Waals surface area (Å²) in [4.78, 5) is 10.1. The molecule has 0 bridgehead atoms. The van der Waals surface area contributed by atoms with E-state index in [2.05, 4.69) is 14.5 Å². The van der Waals surface area contributed by atoms with Gasteiger partial charge in [0.2, 0.25) is 5.69 Å². The molecule has 0 aromatic heterocycles. The minimum atomic E-state index is -0.0638. The number of hydrogen-bond donors (Lipinski definition) is 0. The lowest BCUT2D eigenvalue weighted by Gasteiger charge is -2.15. The number of nitrogens with zero attached hydrogens (tertiary/aromatic N) is 6. The fourth-order valence-electron chi connectivity index (χ4n) is 2.72. The van der Waals surface area contributed by atoms with Gasteiger partial charge in [-0.05, 0) is 28.8 Å². The van der Waals surface area contributed by atoms with Gasteiger partial charge in [-0.3, -0.25) is 0 Å². The van der Waals surface area contributed by atoms with Gasteiger partial charge in [-0.1, -0.05) is 6.92 Å². The molecule has 0 N–H and O–H groups in total. The predicted molar refractivity (Wildman–Crippen MR) is 86.4 cm³/mol. The second-order valence-corrected chi connectivity index (χ2v) is 4.84. The van der Waals surface area contributed by atoms with Crippen molar-refractivity contribution in [1.82, 2.24) is 0 Å². The van der Waals surface area contributed by atoms with Crippen LogP contribution in [0.5, 0.6) is 0 Å². The van der Waals surface area contributed by atoms with E-state index in [4.69, 9.17) is 19.7 Å². The fraction of sp³-hybridized carbons (Fsp3) is 0.111. The van der Waals surface area contributed by atoms with E-state index in [1.807, 2.05) is 18.2 Å². The minimum absolute atomic E-state index is 0.00691. The van der Waals surface area contributed by atoms with Crippen LogP contribution in [0.25, 0.3) is 25.3 Å². The Labute approximate surface area is 138 Å². The number of rotatable bonds is 0. The van der Waals surface area contributed by atoms with Crippen molar-refractivity contribution < 1.29 is 0 Å². The summed E-state index contributed by atoms with van der Waals surface area (Å²) in [5, 5.41) is 28.6. The quantitative estimate of drug-likeness (QED) is 0.660. The van der Waals surface area contributed by atoms with Crippen molar-refractivity contribution in [3.8, 4) is 18.2 Å². The molecule has 0 heterocycles. The van der Waals surface area contributed by atoms with Gasteiger partial charge >= 0.3 is 0 Å². The largest absolute Gasteiger partial charge is 0.240 e. The summed E-state index contributed by atoms with van der Waals surface area (Å²) in [5.41, 5.74) is 0.501. The molecule has 0 aliphatic rings. The van der Waals surface area contributed by atoms with Gasteiger partial charge in [-0.2, -0.15) is 15.8 Å². The van der Waals surface area contributed by atoms with Gasteiger partial charge in [0.25, 0.3) is 0 Å². The molecule has 0 saturated heterocycles. The summed E-state index contributed by atoms with van der Waals surface area (Å²) in [6, 6.07) is 5.78. The second kappa shape index (κ2) is 5.79. The third kappa shape index (κ3) is 1.83. The molecule has 2 aromatic rings. The molecule has 0 aliphatic heterocycles. The lowest BCUT2D eigenvalue weighted by molar-refractivity contribution is 1.37. The van der Waals surface area contributed by atoms with Crippen LogP contribution in [0.4, 0.5) is 17.1 Å². The Balaban J connectivity index is 3.53. The lowest BCUT2D eigenvalue weighted by Crippen LogP contribution is -1.96. The molecule has 0 amide bonds. The molecular weight excluding hydrogens is 300 g/mol. The minimum Gasteiger partial charge on any atom is -0.240 e. The summed E-state index contributed by atoms with van der Waals surface area (Å²) in [6.07, 6.45) is 0. The Morgan fingerprint density at radius 3 is 1.54 bits per heavy atom. The average molecular weight is 306 g/mol. The maximum Gasteiger partial charge on any atom is 0.202 e. The van der Waals surface area contributed by atoms with Crippen molar-refractivity contribution >= 4 is 27.8 Å². The van der Waals surface area contributed by atoms with E-state index in [9.17, 15) is 15.8 Å². The van der Waals surface area contributed by atoms with Crippen molar-refractivity contribution in [2.45, 2.75) is 13.8 Å². The average Bonchev–Trinajstić information content (AvgIpc) is 2.59. The third-order valence-electron chi connectivity index (χ3n) is 3.83. The highest BCUT2D eigenvalue weighted by Gasteiger charge is 2.26. The highest BCUT2D eigenvalue weighted by atomic mass is 14.7. The summed E-state index contributed by atoms with van der Waals surface area (Å²) >= 11 is 0. The first kappa shape index (κ1) is 16.0. The van der Waals surface area contributed by atoms with Gasteiger partial charge in [0.15, 0.2) is 11.4 Å². The third-order valence-corrected chi connectivity index (χ3v) is 3.83. The van der Waals surface area contributed by atoms with Crippen LogP contribution in [0, 0.1) is 67.6 Å². The Hall–Kier alpha value is -4.36. The lowest BCUT2D eigenvalue weighted by atomic mass is 9.88. The van der Waals surface area contributed by atoms with Crippen molar-refractivity contribution in [3.63, 3.8) is 0 Å². The summed E-state index contributed by atoms with van der Waals surface area (Å²) in [5.74, 6) is 0. The SMILES string of the molecule is [C-]#[N+]c1c(C)c([N+]#[C-])c2c([N+]#[C-])c(C#N)c(C)c(C#N)c2c1C#N. The van der Waals surface area contributed by atoms with Gasteiger partial charge in [0.1, 0.15) is 0 Å². The summed E-state index contributed by atoms with van der Waals surface area (Å²) in [6.45, 7) is 25.2. The maximum absolute atomic E-state index is 9.52. The summed E-state index contributed by atoms with van der Waals surface area (Å²) < 4.78 is 0. The van der Waals surface area contributed by atoms with E-state index in [0.717, 1.165) is 0 Å². The highest BCUT2D eigenvalue weighted by molar-refractivity contribution is 6.14. The number of benzene rings is 2. The van der Waals surface area contributed by atoms with Crippen LogP contribution in [-0.2, 0) is 0 Å². The molecule has 2 aromatic carbocycles. The smallest absolute Gasteiger partial charge is 0.202 e. The van der Waals surface area contributed by atoms with E-state index in [0.29, 0.717) is 0 Å². The van der Waals surface area contributed by atoms with Gasteiger partial charge in [0, 0.05) is 0 Å². The van der Waals surface area contributed by atoms with Gasteiger partial charge in [-0.15, -0.1) is 0 Å². The molecule has 2 rings (SSSR count). The molecule has 0 fully saturated rings. The molecule has 0 unspecified atom stereocenters. The molecule has 0 atom stereocenters. The van der Waals surface area contributed by atoms with E-state index in [1.165, 1.54) is 13.8 Å². The first-order valence-corrected chi connectivity index (χ1v) is 6.51. The first-order chi connectivity index (χ1) is 11.5. The van der Waals surface area contributed by atoms with E-state index >= 15 is 0 Å². The molecule has 0 spiro atoms. The molecule has 0 saturated carbocycles. The fourth-order valence-corrected chi connectivity index (χ4v) is 2.72. The predicted octanol–water partition coefficient (Wildman–Crippen LogP) is 4.72. The van der Waals surface area contributed by atoms with Crippen LogP contribution in [0.1, 0.15) is 27.8 Å². The second-order valence-electron chi connectivity index (χ2n) is 4.84. The molecule has 6 nitrogen and oxygen atoms in total. The highest BCUT2D eigenvalue weighted by Crippen LogP contribution is 2.48. The van der Waals surface area contributed by atoms with Gasteiger partial charge in [0.05, 0.1) is 54.6 Å². The standard InChI is InChI=1S/C18H6N6/c1-9-11(6-19)14-13(8-21)16(22-3)10(2)17(23-4)15(14)18(24-5)12(9)7-20/h1-2H3. The van der Waals surface area contributed by atoms with Crippen LogP contribution in [0.15, 0.2) is 0 Å². The molecule has 0 aliphatic carbocycles. The Kier molecular flexibility index (Phi) is 3.87. The maximum atomic E-state index is 9.52. The van der Waals surface area contributed by atoms with Gasteiger partial charge < -0.3 is 0 Å². The normalized spacial score (nSPS) is 9.00. The zero-order valence-corrected chi connectivity index (χ0v) is 12.7. The Morgan fingerprint density at radius 1 is 0.625 bits per heavy atom. The van der Waals surface area contributed by atoms with Crippen LogP contribution in [0.2, 0.25) is 0 Å². The molecule has 24 heavy (non-hydrogen) atoms. The van der Waals surface area contributed by atoms with Crippen molar-refractivity contribution in [3.05, 3.63) is 62.1 Å². The van der Waals surface area contributed by atoms with Crippen molar-refractivity contribution in [2.75, 3.05) is 0 Å². The summed E-state index contributed by atoms with van der Waals surface area (Å²) in [7, 11) is 0. The molecule has 0 radical (unpaired) electrons. The van der Waals surface area contributed by atoms with E-state index < -0.39 is 0 Å². The Morgan fingerprint density at radius 2 is 1.12 bits per heavy atom. The van der Waals surface area contributed by atoms with Crippen molar-refractivity contribution in [1.29, 1.82) is 15.8 Å². The molecule has 108 valence electrons. The number of nitriles is 3. The Bertz CT molecular complexity index is 1080. The zero-order chi connectivity index (χ0) is 18.0. The van der Waals surface area contributed by atoms with Crippen LogP contribution in [-0.4, -0.2) is 0 Å². The molecule has 6 heteroatoms. The van der Waals surface area contributed by atoms with E-state index in [-0.39, 0.29) is 55.7 Å². The number of fused-ring (bicyclic) bond motifs is 1. The molecular formula is C18H6N6. The first-order valence-electron chi connectivity index (χ1n) is 6.51.